The second kappa shape index (κ2) is 10.1. The Labute approximate surface area is 191 Å². The molecule has 4 aromatic rings. The Morgan fingerprint density at radius 3 is 2.68 bits per heavy atom. The molecule has 0 spiro atoms. The molecule has 0 aliphatic heterocycles. The number of para-hydroxylation sites is 3. The van der Waals surface area contributed by atoms with Gasteiger partial charge in [0.2, 0.25) is 0 Å². The van der Waals surface area contributed by atoms with Crippen molar-refractivity contribution in [2.75, 3.05) is 13.7 Å². The van der Waals surface area contributed by atoms with E-state index in [0.29, 0.717) is 34.7 Å². The van der Waals surface area contributed by atoms with Gasteiger partial charge in [0.25, 0.3) is 0 Å². The summed E-state index contributed by atoms with van der Waals surface area (Å²) in [5.74, 6) is 2.35. The quantitative estimate of drug-likeness (QED) is 0.313. The number of halogens is 2. The molecule has 3 aromatic carbocycles. The number of ether oxygens (including phenoxy) is 2. The number of imidazole rings is 1. The fourth-order valence-electron chi connectivity index (χ4n) is 3.37. The number of hydrogen-bond acceptors (Lipinski definition) is 4. The molecule has 160 valence electrons. The molecule has 0 radical (unpaired) electrons. The van der Waals surface area contributed by atoms with Crippen molar-refractivity contribution in [1.82, 2.24) is 15.3 Å². The van der Waals surface area contributed by atoms with Crippen molar-refractivity contribution in [2.45, 2.75) is 19.6 Å². The number of H-pyrrole nitrogens is 1. The minimum atomic E-state index is 0.322. The first kappa shape index (κ1) is 21.5. The second-order valence-corrected chi connectivity index (χ2v) is 7.94. The lowest BCUT2D eigenvalue weighted by Crippen LogP contribution is -2.18. The van der Waals surface area contributed by atoms with Gasteiger partial charge in [0.1, 0.15) is 12.4 Å². The number of nitrogens with zero attached hydrogens (tertiary/aromatic N) is 1. The fraction of sp³-hybridized carbons (Fsp3) is 0.208. The SMILES string of the molecule is COc1cccc(CNCCc2nc3ccccc3[nH]2)c1OCc1ccc(Cl)cc1Cl. The van der Waals surface area contributed by atoms with Gasteiger partial charge >= 0.3 is 0 Å². The van der Waals surface area contributed by atoms with Gasteiger partial charge in [-0.3, -0.25) is 0 Å². The first-order valence-corrected chi connectivity index (χ1v) is 10.8. The summed E-state index contributed by atoms with van der Waals surface area (Å²) in [6.45, 7) is 1.74. The molecule has 0 atom stereocenters. The Morgan fingerprint density at radius 2 is 1.87 bits per heavy atom. The van der Waals surface area contributed by atoms with E-state index in [1.165, 1.54) is 0 Å². The summed E-state index contributed by atoms with van der Waals surface area (Å²) < 4.78 is 11.6. The summed E-state index contributed by atoms with van der Waals surface area (Å²) in [6.07, 6.45) is 0.801. The number of fused-ring (bicyclic) bond motifs is 1. The highest BCUT2D eigenvalue weighted by Crippen LogP contribution is 2.32. The van der Waals surface area contributed by atoms with Crippen LogP contribution in [0.3, 0.4) is 0 Å². The van der Waals surface area contributed by atoms with E-state index < -0.39 is 0 Å². The summed E-state index contributed by atoms with van der Waals surface area (Å²) in [4.78, 5) is 7.97. The maximum atomic E-state index is 6.28. The lowest BCUT2D eigenvalue weighted by molar-refractivity contribution is 0.280. The third kappa shape index (κ3) is 5.31. The van der Waals surface area contributed by atoms with Crippen molar-refractivity contribution in [2.24, 2.45) is 0 Å². The zero-order valence-corrected chi connectivity index (χ0v) is 18.6. The van der Waals surface area contributed by atoms with Crippen molar-refractivity contribution in [1.29, 1.82) is 0 Å². The summed E-state index contributed by atoms with van der Waals surface area (Å²) in [6, 6.07) is 19.3. The molecule has 0 aliphatic rings. The van der Waals surface area contributed by atoms with Crippen LogP contribution in [0.1, 0.15) is 17.0 Å². The predicted molar refractivity (Wildman–Crippen MR) is 125 cm³/mol. The Hall–Kier alpha value is -2.73. The monoisotopic (exact) mass is 455 g/mol. The van der Waals surface area contributed by atoms with E-state index in [4.69, 9.17) is 32.7 Å². The molecule has 0 bridgehead atoms. The van der Waals surface area contributed by atoms with Crippen LogP contribution in [0, 0.1) is 0 Å². The van der Waals surface area contributed by atoms with Gasteiger partial charge in [0, 0.05) is 40.7 Å². The molecule has 4 rings (SSSR count). The van der Waals surface area contributed by atoms with Gasteiger partial charge in [0.15, 0.2) is 11.5 Å². The molecule has 2 N–H and O–H groups in total. The smallest absolute Gasteiger partial charge is 0.166 e. The molecule has 0 amide bonds. The van der Waals surface area contributed by atoms with E-state index in [9.17, 15) is 0 Å². The van der Waals surface area contributed by atoms with Crippen molar-refractivity contribution >= 4 is 34.2 Å². The van der Waals surface area contributed by atoms with Gasteiger partial charge in [0.05, 0.1) is 18.1 Å². The summed E-state index contributed by atoms with van der Waals surface area (Å²) in [5, 5.41) is 4.64. The van der Waals surface area contributed by atoms with E-state index in [2.05, 4.69) is 15.3 Å². The maximum Gasteiger partial charge on any atom is 0.166 e. The normalized spacial score (nSPS) is 11.1. The van der Waals surface area contributed by atoms with Gasteiger partial charge in [-0.1, -0.05) is 53.5 Å². The molecule has 0 saturated heterocycles. The van der Waals surface area contributed by atoms with Crippen LogP contribution in [-0.2, 0) is 19.6 Å². The van der Waals surface area contributed by atoms with E-state index in [-0.39, 0.29) is 0 Å². The standard InChI is InChI=1S/C24H23Cl2N3O2/c1-30-22-8-4-5-16(24(22)31-15-17-9-10-18(25)13-19(17)26)14-27-12-11-23-28-20-6-2-3-7-21(20)29-23/h2-10,13,27H,11-12,14-15H2,1H3,(H,28,29). The minimum absolute atomic E-state index is 0.322. The average Bonchev–Trinajstić information content (AvgIpc) is 3.19. The van der Waals surface area contributed by atoms with Gasteiger partial charge in [-0.2, -0.15) is 0 Å². The van der Waals surface area contributed by atoms with Gasteiger partial charge < -0.3 is 19.8 Å². The van der Waals surface area contributed by atoms with Gasteiger partial charge in [-0.15, -0.1) is 0 Å². The van der Waals surface area contributed by atoms with Gasteiger partial charge in [-0.25, -0.2) is 4.98 Å². The molecule has 31 heavy (non-hydrogen) atoms. The van der Waals surface area contributed by atoms with Crippen molar-refractivity contribution < 1.29 is 9.47 Å². The zero-order valence-electron chi connectivity index (χ0n) is 17.1. The van der Waals surface area contributed by atoms with Gasteiger partial charge in [-0.05, 0) is 30.3 Å². The summed E-state index contributed by atoms with van der Waals surface area (Å²) in [5.41, 5.74) is 3.92. The lowest BCUT2D eigenvalue weighted by atomic mass is 10.1. The Balaban J connectivity index is 1.39. The summed E-state index contributed by atoms with van der Waals surface area (Å²) in [7, 11) is 1.64. The van der Waals surface area contributed by atoms with Crippen molar-refractivity contribution in [3.05, 3.63) is 87.7 Å². The highest BCUT2D eigenvalue weighted by atomic mass is 35.5. The molecular formula is C24H23Cl2N3O2. The van der Waals surface area contributed by atoms with Crippen molar-refractivity contribution in [3.8, 4) is 11.5 Å². The van der Waals surface area contributed by atoms with Crippen LogP contribution in [0.25, 0.3) is 11.0 Å². The molecule has 7 heteroatoms. The first-order valence-electron chi connectivity index (χ1n) is 10.0. The number of aromatic amines is 1. The zero-order chi connectivity index (χ0) is 21.6. The summed E-state index contributed by atoms with van der Waals surface area (Å²) >= 11 is 12.3. The van der Waals surface area contributed by atoms with E-state index >= 15 is 0 Å². The topological polar surface area (TPSA) is 59.2 Å². The van der Waals surface area contributed by atoms with Crippen LogP contribution in [0.15, 0.2) is 60.7 Å². The van der Waals surface area contributed by atoms with E-state index in [0.717, 1.165) is 41.0 Å². The maximum absolute atomic E-state index is 6.28. The van der Waals surface area contributed by atoms with E-state index in [1.807, 2.05) is 48.5 Å². The molecule has 0 saturated carbocycles. The number of rotatable bonds is 9. The molecule has 1 aromatic heterocycles. The molecule has 0 aliphatic carbocycles. The molecule has 1 heterocycles. The number of nitrogens with one attached hydrogen (secondary N) is 2. The predicted octanol–water partition coefficient (Wildman–Crippen LogP) is 5.79. The van der Waals surface area contributed by atoms with Crippen LogP contribution in [0.2, 0.25) is 10.0 Å². The average molecular weight is 456 g/mol. The second-order valence-electron chi connectivity index (χ2n) is 7.10. The molecule has 5 nitrogen and oxygen atoms in total. The Kier molecular flexibility index (Phi) is 6.97. The number of hydrogen-bond donors (Lipinski definition) is 2. The largest absolute Gasteiger partial charge is 0.493 e. The van der Waals surface area contributed by atoms with Crippen LogP contribution in [0.4, 0.5) is 0 Å². The van der Waals surface area contributed by atoms with Crippen LogP contribution >= 0.6 is 23.2 Å². The van der Waals surface area contributed by atoms with Crippen LogP contribution in [0.5, 0.6) is 11.5 Å². The fourth-order valence-corrected chi connectivity index (χ4v) is 3.83. The van der Waals surface area contributed by atoms with E-state index in [1.54, 1.807) is 19.2 Å². The third-order valence-corrected chi connectivity index (χ3v) is 5.55. The molecular weight excluding hydrogens is 433 g/mol. The highest BCUT2D eigenvalue weighted by molar-refractivity contribution is 6.35. The first-order chi connectivity index (χ1) is 15.1. The number of aromatic nitrogens is 2. The van der Waals surface area contributed by atoms with Crippen molar-refractivity contribution in [3.63, 3.8) is 0 Å². The van der Waals surface area contributed by atoms with Crippen LogP contribution < -0.4 is 14.8 Å². The Bertz CT molecular complexity index is 1140. The lowest BCUT2D eigenvalue weighted by Gasteiger charge is -2.16. The molecule has 0 fully saturated rings. The number of benzene rings is 3. The third-order valence-electron chi connectivity index (χ3n) is 4.96. The number of methoxy groups -OCH3 is 1. The van der Waals surface area contributed by atoms with Crippen LogP contribution in [-0.4, -0.2) is 23.6 Å². The minimum Gasteiger partial charge on any atom is -0.493 e. The Morgan fingerprint density at radius 1 is 1.00 bits per heavy atom. The molecule has 0 unspecified atom stereocenters. The highest BCUT2D eigenvalue weighted by Gasteiger charge is 2.12.